The van der Waals surface area contributed by atoms with Gasteiger partial charge in [-0.2, -0.15) is 11.8 Å². The summed E-state index contributed by atoms with van der Waals surface area (Å²) in [7, 11) is 0. The van der Waals surface area contributed by atoms with Crippen molar-refractivity contribution >= 4 is 24.0 Å². The lowest BCUT2D eigenvalue weighted by Crippen LogP contribution is -2.09. The highest BCUT2D eigenvalue weighted by Gasteiger charge is 2.06. The van der Waals surface area contributed by atoms with E-state index in [4.69, 9.17) is 12.2 Å². The summed E-state index contributed by atoms with van der Waals surface area (Å²) in [6.45, 7) is 4.26. The SMILES string of the molecule is CSCC(C)n1c(C)c[nH]c1=S. The molecular weight excluding hydrogens is 188 g/mol. The van der Waals surface area contributed by atoms with Crippen molar-refractivity contribution in [2.45, 2.75) is 19.9 Å². The lowest BCUT2D eigenvalue weighted by Gasteiger charge is -2.13. The molecule has 0 bridgehead atoms. The van der Waals surface area contributed by atoms with E-state index in [1.54, 1.807) is 0 Å². The number of hydrogen-bond acceptors (Lipinski definition) is 2. The Morgan fingerprint density at radius 2 is 2.42 bits per heavy atom. The monoisotopic (exact) mass is 202 g/mol. The number of imidazole rings is 1. The zero-order chi connectivity index (χ0) is 9.14. The van der Waals surface area contributed by atoms with Gasteiger partial charge in [0.25, 0.3) is 0 Å². The van der Waals surface area contributed by atoms with Crippen LogP contribution in [0.15, 0.2) is 6.20 Å². The van der Waals surface area contributed by atoms with E-state index in [1.807, 2.05) is 18.0 Å². The Hall–Kier alpha value is -0.220. The average molecular weight is 202 g/mol. The van der Waals surface area contributed by atoms with Crippen molar-refractivity contribution in [3.05, 3.63) is 16.7 Å². The molecule has 0 saturated carbocycles. The molecule has 0 radical (unpaired) electrons. The Morgan fingerprint density at radius 1 is 1.75 bits per heavy atom. The van der Waals surface area contributed by atoms with Crippen LogP contribution >= 0.6 is 24.0 Å². The van der Waals surface area contributed by atoms with Crippen LogP contribution in [0.4, 0.5) is 0 Å². The summed E-state index contributed by atoms with van der Waals surface area (Å²) in [6.07, 6.45) is 4.07. The first-order valence-electron chi connectivity index (χ1n) is 3.92. The number of nitrogens with zero attached hydrogens (tertiary/aromatic N) is 1. The van der Waals surface area contributed by atoms with Crippen molar-refractivity contribution in [1.82, 2.24) is 9.55 Å². The van der Waals surface area contributed by atoms with Crippen LogP contribution < -0.4 is 0 Å². The summed E-state index contributed by atoms with van der Waals surface area (Å²) in [5.41, 5.74) is 1.21. The predicted molar refractivity (Wildman–Crippen MR) is 57.4 cm³/mol. The fourth-order valence-electron chi connectivity index (χ4n) is 1.33. The van der Waals surface area contributed by atoms with Gasteiger partial charge in [-0.25, -0.2) is 0 Å². The fraction of sp³-hybridized carbons (Fsp3) is 0.625. The summed E-state index contributed by atoms with van der Waals surface area (Å²) < 4.78 is 2.99. The molecule has 1 atom stereocenters. The van der Waals surface area contributed by atoms with Gasteiger partial charge in [-0.3, -0.25) is 0 Å². The quantitative estimate of drug-likeness (QED) is 0.761. The molecule has 0 saturated heterocycles. The zero-order valence-corrected chi connectivity index (χ0v) is 9.26. The number of thioether (sulfide) groups is 1. The number of aryl methyl sites for hydroxylation is 1. The maximum atomic E-state index is 5.16. The molecule has 1 heterocycles. The molecule has 0 fully saturated rings. The highest BCUT2D eigenvalue weighted by molar-refractivity contribution is 7.98. The van der Waals surface area contributed by atoms with Gasteiger partial charge in [-0.1, -0.05) is 0 Å². The molecule has 0 amide bonds. The van der Waals surface area contributed by atoms with Gasteiger partial charge in [-0.15, -0.1) is 0 Å². The molecule has 1 aromatic rings. The number of H-pyrrole nitrogens is 1. The van der Waals surface area contributed by atoms with Crippen molar-refractivity contribution in [2.75, 3.05) is 12.0 Å². The van der Waals surface area contributed by atoms with Crippen LogP contribution in [0.2, 0.25) is 0 Å². The van der Waals surface area contributed by atoms with E-state index in [2.05, 4.69) is 29.7 Å². The van der Waals surface area contributed by atoms with E-state index in [0.717, 1.165) is 10.5 Å². The second-order valence-corrected chi connectivity index (χ2v) is 4.21. The molecule has 4 heteroatoms. The van der Waals surface area contributed by atoms with E-state index in [1.165, 1.54) is 5.69 Å². The summed E-state index contributed by atoms with van der Waals surface area (Å²) in [5.74, 6) is 1.10. The Kier molecular flexibility index (Phi) is 3.40. The van der Waals surface area contributed by atoms with Crippen LogP contribution in [0, 0.1) is 11.7 Å². The Bertz CT molecular complexity index is 300. The van der Waals surface area contributed by atoms with E-state index in [9.17, 15) is 0 Å². The van der Waals surface area contributed by atoms with Crippen LogP contribution in [0.5, 0.6) is 0 Å². The van der Waals surface area contributed by atoms with Crippen LogP contribution in [-0.2, 0) is 0 Å². The molecule has 0 spiro atoms. The molecule has 12 heavy (non-hydrogen) atoms. The molecular formula is C8H14N2S2. The molecule has 0 aromatic carbocycles. The molecule has 1 aromatic heterocycles. The smallest absolute Gasteiger partial charge is 0.177 e. The van der Waals surface area contributed by atoms with Gasteiger partial charge in [0.1, 0.15) is 0 Å². The first kappa shape index (κ1) is 9.86. The zero-order valence-electron chi connectivity index (χ0n) is 7.63. The van der Waals surface area contributed by atoms with E-state index >= 15 is 0 Å². The molecule has 68 valence electrons. The minimum absolute atomic E-state index is 0.485. The van der Waals surface area contributed by atoms with Crippen molar-refractivity contribution < 1.29 is 0 Å². The van der Waals surface area contributed by atoms with Crippen molar-refractivity contribution in [1.29, 1.82) is 0 Å². The van der Waals surface area contributed by atoms with Gasteiger partial charge >= 0.3 is 0 Å². The summed E-state index contributed by atoms with van der Waals surface area (Å²) in [6, 6.07) is 0.485. The molecule has 0 aliphatic carbocycles. The van der Waals surface area contributed by atoms with Gasteiger partial charge in [0.2, 0.25) is 0 Å². The average Bonchev–Trinajstić information content (AvgIpc) is 2.32. The standard InChI is InChI=1S/C8H14N2S2/c1-6-4-9-8(11)10(6)7(2)5-12-3/h4,7H,5H2,1-3H3,(H,9,11). The highest BCUT2D eigenvalue weighted by Crippen LogP contribution is 2.14. The van der Waals surface area contributed by atoms with Gasteiger partial charge in [0, 0.05) is 23.7 Å². The minimum atomic E-state index is 0.485. The van der Waals surface area contributed by atoms with Crippen molar-refractivity contribution in [3.63, 3.8) is 0 Å². The third-order valence-corrected chi connectivity index (χ3v) is 2.98. The third kappa shape index (κ3) is 1.93. The van der Waals surface area contributed by atoms with Crippen molar-refractivity contribution in [2.24, 2.45) is 0 Å². The molecule has 1 unspecified atom stereocenters. The largest absolute Gasteiger partial charge is 0.337 e. The van der Waals surface area contributed by atoms with Crippen molar-refractivity contribution in [3.8, 4) is 0 Å². The molecule has 0 aliphatic rings. The van der Waals surface area contributed by atoms with Gasteiger partial charge < -0.3 is 9.55 Å². The molecule has 1 rings (SSSR count). The fourth-order valence-corrected chi connectivity index (χ4v) is 2.34. The third-order valence-electron chi connectivity index (χ3n) is 1.85. The van der Waals surface area contributed by atoms with Crippen LogP contribution in [0.1, 0.15) is 18.7 Å². The van der Waals surface area contributed by atoms with Crippen LogP contribution in [0.3, 0.4) is 0 Å². The number of rotatable bonds is 3. The number of hydrogen-bond donors (Lipinski definition) is 1. The van der Waals surface area contributed by atoms with E-state index in [-0.39, 0.29) is 0 Å². The second-order valence-electron chi connectivity index (χ2n) is 2.91. The summed E-state index contributed by atoms with van der Waals surface area (Å²) >= 11 is 7.01. The Labute approximate surface area is 82.4 Å². The lowest BCUT2D eigenvalue weighted by atomic mass is 10.3. The lowest BCUT2D eigenvalue weighted by molar-refractivity contribution is 0.587. The first-order chi connectivity index (χ1) is 5.66. The predicted octanol–water partition coefficient (Wildman–Crippen LogP) is 2.78. The van der Waals surface area contributed by atoms with Crippen LogP contribution in [-0.4, -0.2) is 21.6 Å². The number of aromatic nitrogens is 2. The van der Waals surface area contributed by atoms with Crippen LogP contribution in [0.25, 0.3) is 0 Å². The number of nitrogens with one attached hydrogen (secondary N) is 1. The maximum absolute atomic E-state index is 5.16. The van der Waals surface area contributed by atoms with E-state index < -0.39 is 0 Å². The van der Waals surface area contributed by atoms with E-state index in [0.29, 0.717) is 6.04 Å². The molecule has 2 nitrogen and oxygen atoms in total. The summed E-state index contributed by atoms with van der Waals surface area (Å²) in [5, 5.41) is 0. The number of aromatic amines is 1. The molecule has 0 aliphatic heterocycles. The second kappa shape index (κ2) is 4.14. The minimum Gasteiger partial charge on any atom is -0.337 e. The van der Waals surface area contributed by atoms with Gasteiger partial charge in [0.15, 0.2) is 4.77 Å². The topological polar surface area (TPSA) is 20.7 Å². The normalized spacial score (nSPS) is 13.2. The first-order valence-corrected chi connectivity index (χ1v) is 5.72. The molecule has 1 N–H and O–H groups in total. The van der Waals surface area contributed by atoms with Gasteiger partial charge in [-0.05, 0) is 32.3 Å². The summed E-state index contributed by atoms with van der Waals surface area (Å²) in [4.78, 5) is 3.04. The van der Waals surface area contributed by atoms with Gasteiger partial charge in [0.05, 0.1) is 0 Å². The Balaban J connectivity index is 2.93. The Morgan fingerprint density at radius 3 is 2.83 bits per heavy atom. The highest BCUT2D eigenvalue weighted by atomic mass is 32.2. The maximum Gasteiger partial charge on any atom is 0.177 e.